The number of aryl methyl sites for hydroxylation is 1. The molecule has 1 fully saturated rings. The molecular formula is C10H19N5. The summed E-state index contributed by atoms with van der Waals surface area (Å²) in [6.07, 6.45) is 2.88. The van der Waals surface area contributed by atoms with Crippen LogP contribution in [0.15, 0.2) is 6.33 Å². The maximum absolute atomic E-state index is 4.29. The van der Waals surface area contributed by atoms with E-state index in [9.17, 15) is 0 Å². The summed E-state index contributed by atoms with van der Waals surface area (Å²) in [6.45, 7) is 6.19. The van der Waals surface area contributed by atoms with Gasteiger partial charge in [-0.3, -0.25) is 4.90 Å². The van der Waals surface area contributed by atoms with E-state index in [0.29, 0.717) is 6.04 Å². The SMILES string of the molecule is CCn1ncnc1CN1CCC(NC)C1. The van der Waals surface area contributed by atoms with Gasteiger partial charge in [-0.05, 0) is 20.4 Å². The van der Waals surface area contributed by atoms with E-state index >= 15 is 0 Å². The second kappa shape index (κ2) is 4.72. The molecule has 1 atom stereocenters. The number of rotatable bonds is 4. The van der Waals surface area contributed by atoms with Crippen LogP contribution < -0.4 is 5.32 Å². The molecule has 2 heterocycles. The Morgan fingerprint density at radius 3 is 3.13 bits per heavy atom. The summed E-state index contributed by atoms with van der Waals surface area (Å²) >= 11 is 0. The Morgan fingerprint density at radius 1 is 1.60 bits per heavy atom. The molecule has 5 nitrogen and oxygen atoms in total. The van der Waals surface area contributed by atoms with Crippen LogP contribution in [0.1, 0.15) is 19.2 Å². The molecule has 15 heavy (non-hydrogen) atoms. The zero-order chi connectivity index (χ0) is 10.7. The molecule has 0 saturated carbocycles. The van der Waals surface area contributed by atoms with Gasteiger partial charge in [0.2, 0.25) is 0 Å². The van der Waals surface area contributed by atoms with Gasteiger partial charge in [-0.15, -0.1) is 0 Å². The summed E-state index contributed by atoms with van der Waals surface area (Å²) in [7, 11) is 2.03. The van der Waals surface area contributed by atoms with Crippen LogP contribution in [0.25, 0.3) is 0 Å². The molecule has 1 saturated heterocycles. The molecule has 0 bridgehead atoms. The molecule has 0 radical (unpaired) electrons. The van der Waals surface area contributed by atoms with Crippen molar-refractivity contribution in [3.05, 3.63) is 12.2 Å². The first-order valence-electron chi connectivity index (χ1n) is 5.59. The topological polar surface area (TPSA) is 46.0 Å². The van der Waals surface area contributed by atoms with Gasteiger partial charge in [0.1, 0.15) is 12.2 Å². The highest BCUT2D eigenvalue weighted by Gasteiger charge is 2.21. The molecule has 2 rings (SSSR count). The van der Waals surface area contributed by atoms with E-state index in [2.05, 4.69) is 27.2 Å². The van der Waals surface area contributed by atoms with Crippen molar-refractivity contribution in [3.63, 3.8) is 0 Å². The highest BCUT2D eigenvalue weighted by Crippen LogP contribution is 2.11. The normalized spacial score (nSPS) is 22.4. The van der Waals surface area contributed by atoms with Gasteiger partial charge in [-0.25, -0.2) is 9.67 Å². The Kier molecular flexibility index (Phi) is 3.33. The second-order valence-corrected chi connectivity index (χ2v) is 4.00. The van der Waals surface area contributed by atoms with Crippen LogP contribution in [0.3, 0.4) is 0 Å². The molecule has 1 unspecified atom stereocenters. The van der Waals surface area contributed by atoms with Crippen LogP contribution in [-0.4, -0.2) is 45.8 Å². The van der Waals surface area contributed by atoms with Crippen LogP contribution in [0.5, 0.6) is 0 Å². The highest BCUT2D eigenvalue weighted by molar-refractivity contribution is 4.88. The lowest BCUT2D eigenvalue weighted by molar-refractivity contribution is 0.306. The van der Waals surface area contributed by atoms with E-state index < -0.39 is 0 Å². The second-order valence-electron chi connectivity index (χ2n) is 4.00. The molecule has 1 aromatic heterocycles. The quantitative estimate of drug-likeness (QED) is 0.763. The molecule has 0 aromatic carbocycles. The van der Waals surface area contributed by atoms with Gasteiger partial charge in [-0.1, -0.05) is 0 Å². The number of hydrogen-bond acceptors (Lipinski definition) is 4. The number of likely N-dealkylation sites (tertiary alicyclic amines) is 1. The Hall–Kier alpha value is -0.940. The lowest BCUT2D eigenvalue weighted by Gasteiger charge is -2.15. The first kappa shape index (κ1) is 10.6. The zero-order valence-electron chi connectivity index (χ0n) is 9.48. The molecule has 0 aliphatic carbocycles. The van der Waals surface area contributed by atoms with Gasteiger partial charge in [0, 0.05) is 25.7 Å². The van der Waals surface area contributed by atoms with Crippen LogP contribution >= 0.6 is 0 Å². The van der Waals surface area contributed by atoms with Gasteiger partial charge < -0.3 is 5.32 Å². The number of likely N-dealkylation sites (N-methyl/N-ethyl adjacent to an activating group) is 1. The van der Waals surface area contributed by atoms with Crippen LogP contribution in [0.4, 0.5) is 0 Å². The summed E-state index contributed by atoms with van der Waals surface area (Å²) in [6, 6.07) is 0.642. The van der Waals surface area contributed by atoms with E-state index in [1.54, 1.807) is 6.33 Å². The van der Waals surface area contributed by atoms with Gasteiger partial charge >= 0.3 is 0 Å². The number of nitrogens with zero attached hydrogens (tertiary/aromatic N) is 4. The Bertz CT molecular complexity index is 309. The van der Waals surface area contributed by atoms with Crippen molar-refractivity contribution in [2.24, 2.45) is 0 Å². The van der Waals surface area contributed by atoms with E-state index in [0.717, 1.165) is 32.0 Å². The Labute approximate surface area is 90.5 Å². The standard InChI is InChI=1S/C10H19N5/c1-3-15-10(12-8-13-15)7-14-5-4-9(6-14)11-2/h8-9,11H,3-7H2,1-2H3. The summed E-state index contributed by atoms with van der Waals surface area (Å²) < 4.78 is 1.96. The molecule has 1 aliphatic heterocycles. The van der Waals surface area contributed by atoms with E-state index in [-0.39, 0.29) is 0 Å². The molecule has 1 aromatic rings. The summed E-state index contributed by atoms with van der Waals surface area (Å²) in [5, 5.41) is 7.50. The maximum Gasteiger partial charge on any atom is 0.140 e. The molecular weight excluding hydrogens is 190 g/mol. The molecule has 1 N–H and O–H groups in total. The maximum atomic E-state index is 4.29. The number of aromatic nitrogens is 3. The summed E-state index contributed by atoms with van der Waals surface area (Å²) in [5.41, 5.74) is 0. The van der Waals surface area contributed by atoms with Gasteiger partial charge in [0.05, 0.1) is 6.54 Å². The van der Waals surface area contributed by atoms with Crippen molar-refractivity contribution >= 4 is 0 Å². The average Bonchev–Trinajstić information content (AvgIpc) is 2.87. The first-order chi connectivity index (χ1) is 7.33. The lowest BCUT2D eigenvalue weighted by Crippen LogP contribution is -2.30. The predicted octanol–water partition coefficient (Wildman–Crippen LogP) is 0.0917. The number of hydrogen-bond donors (Lipinski definition) is 1. The molecule has 84 valence electrons. The minimum atomic E-state index is 0.642. The minimum absolute atomic E-state index is 0.642. The first-order valence-corrected chi connectivity index (χ1v) is 5.59. The molecule has 0 amide bonds. The van der Waals surface area contributed by atoms with Crippen molar-refractivity contribution in [2.75, 3.05) is 20.1 Å². The van der Waals surface area contributed by atoms with Crippen molar-refractivity contribution in [1.29, 1.82) is 0 Å². The van der Waals surface area contributed by atoms with Crippen LogP contribution in [-0.2, 0) is 13.1 Å². The van der Waals surface area contributed by atoms with Crippen molar-refractivity contribution < 1.29 is 0 Å². The average molecular weight is 209 g/mol. The fourth-order valence-electron chi connectivity index (χ4n) is 2.09. The third-order valence-corrected chi connectivity index (χ3v) is 3.04. The zero-order valence-corrected chi connectivity index (χ0v) is 9.48. The number of nitrogens with one attached hydrogen (secondary N) is 1. The predicted molar refractivity (Wildman–Crippen MR) is 58.4 cm³/mol. The molecule has 0 spiro atoms. The van der Waals surface area contributed by atoms with Crippen LogP contribution in [0, 0.1) is 0 Å². The summed E-state index contributed by atoms with van der Waals surface area (Å²) in [4.78, 5) is 6.72. The van der Waals surface area contributed by atoms with Gasteiger partial charge in [0.15, 0.2) is 0 Å². The lowest BCUT2D eigenvalue weighted by atomic mass is 10.3. The minimum Gasteiger partial charge on any atom is -0.316 e. The van der Waals surface area contributed by atoms with Crippen molar-refractivity contribution in [3.8, 4) is 0 Å². The fraction of sp³-hybridized carbons (Fsp3) is 0.800. The largest absolute Gasteiger partial charge is 0.316 e. The van der Waals surface area contributed by atoms with E-state index in [4.69, 9.17) is 0 Å². The fourth-order valence-corrected chi connectivity index (χ4v) is 2.09. The van der Waals surface area contributed by atoms with E-state index in [1.165, 1.54) is 6.42 Å². The van der Waals surface area contributed by atoms with Gasteiger partial charge in [0.25, 0.3) is 0 Å². The van der Waals surface area contributed by atoms with Crippen LogP contribution in [0.2, 0.25) is 0 Å². The Morgan fingerprint density at radius 2 is 2.47 bits per heavy atom. The summed E-state index contributed by atoms with van der Waals surface area (Å²) in [5.74, 6) is 1.08. The third kappa shape index (κ3) is 2.35. The van der Waals surface area contributed by atoms with Crippen molar-refractivity contribution in [2.45, 2.75) is 32.5 Å². The smallest absolute Gasteiger partial charge is 0.140 e. The molecule has 5 heteroatoms. The highest BCUT2D eigenvalue weighted by atomic mass is 15.3. The molecule has 1 aliphatic rings. The Balaban J connectivity index is 1.92. The monoisotopic (exact) mass is 209 g/mol. The third-order valence-electron chi connectivity index (χ3n) is 3.04. The van der Waals surface area contributed by atoms with Crippen molar-refractivity contribution in [1.82, 2.24) is 25.0 Å². The van der Waals surface area contributed by atoms with E-state index in [1.807, 2.05) is 11.7 Å². The van der Waals surface area contributed by atoms with Gasteiger partial charge in [-0.2, -0.15) is 5.10 Å².